The summed E-state index contributed by atoms with van der Waals surface area (Å²) in [7, 11) is 0. The number of amides is 1. The monoisotopic (exact) mass is 346 g/mol. The van der Waals surface area contributed by atoms with Crippen molar-refractivity contribution in [3.63, 3.8) is 0 Å². The van der Waals surface area contributed by atoms with Gasteiger partial charge < -0.3 is 10.2 Å². The van der Waals surface area contributed by atoms with Crippen LogP contribution in [-0.4, -0.2) is 30.8 Å². The number of piperidine rings is 1. The van der Waals surface area contributed by atoms with Crippen LogP contribution in [0.4, 0.5) is 10.1 Å². The van der Waals surface area contributed by atoms with Crippen LogP contribution in [0.1, 0.15) is 62.2 Å². The van der Waals surface area contributed by atoms with Crippen LogP contribution < -0.4 is 10.2 Å². The number of benzene rings is 1. The third-order valence-corrected chi connectivity index (χ3v) is 5.43. The highest BCUT2D eigenvalue weighted by Crippen LogP contribution is 2.29. The number of Topliss-reactive ketones (excluding diaryl/α,β-unsaturated/α-hetero) is 1. The Morgan fingerprint density at radius 1 is 1.12 bits per heavy atom. The fraction of sp³-hybridized carbons (Fsp3) is 0.600. The molecule has 2 aliphatic rings. The molecule has 0 radical (unpaired) electrons. The molecule has 1 aliphatic carbocycles. The average molecular weight is 346 g/mol. The van der Waals surface area contributed by atoms with Crippen molar-refractivity contribution in [1.29, 1.82) is 0 Å². The Morgan fingerprint density at radius 3 is 2.60 bits per heavy atom. The van der Waals surface area contributed by atoms with Crippen molar-refractivity contribution in [3.05, 3.63) is 29.6 Å². The van der Waals surface area contributed by atoms with Crippen molar-refractivity contribution in [1.82, 2.24) is 5.32 Å². The summed E-state index contributed by atoms with van der Waals surface area (Å²) >= 11 is 0. The number of carbonyl (C=O) groups excluding carboxylic acids is 2. The van der Waals surface area contributed by atoms with Gasteiger partial charge in [0.25, 0.3) is 0 Å². The number of carbonyl (C=O) groups is 2. The molecule has 5 heteroatoms. The minimum atomic E-state index is -0.487. The molecule has 1 N–H and O–H groups in total. The summed E-state index contributed by atoms with van der Waals surface area (Å²) in [6.45, 7) is 2.68. The third kappa shape index (κ3) is 4.20. The number of nitrogens with zero attached hydrogens (tertiary/aromatic N) is 1. The molecule has 1 aliphatic heterocycles. The van der Waals surface area contributed by atoms with Gasteiger partial charge in [0.05, 0.1) is 17.2 Å². The minimum Gasteiger partial charge on any atom is -0.370 e. The molecular weight excluding hydrogens is 319 g/mol. The van der Waals surface area contributed by atoms with Crippen molar-refractivity contribution in [2.24, 2.45) is 5.92 Å². The number of hydrogen-bond acceptors (Lipinski definition) is 3. The van der Waals surface area contributed by atoms with Gasteiger partial charge in [-0.2, -0.15) is 0 Å². The van der Waals surface area contributed by atoms with E-state index in [0.717, 1.165) is 32.2 Å². The number of anilines is 1. The van der Waals surface area contributed by atoms with E-state index in [1.54, 1.807) is 12.1 Å². The summed E-state index contributed by atoms with van der Waals surface area (Å²) in [4.78, 5) is 26.5. The standard InChI is InChI=1S/C20H27FN2O2/c1-14(24)19-17(21)10-5-11-18(19)23-12-6-7-15(13-23)20(25)22-16-8-3-2-4-9-16/h5,10-11,15-16H,2-4,6-9,12-13H2,1H3,(H,22,25)/t15-/m1/s1. The maximum atomic E-state index is 14.1. The van der Waals surface area contributed by atoms with Gasteiger partial charge in [0.1, 0.15) is 5.82 Å². The lowest BCUT2D eigenvalue weighted by Crippen LogP contribution is -2.46. The molecule has 1 aromatic rings. The van der Waals surface area contributed by atoms with Crippen molar-refractivity contribution in [2.75, 3.05) is 18.0 Å². The highest BCUT2D eigenvalue weighted by molar-refractivity contribution is 6.00. The topological polar surface area (TPSA) is 49.4 Å². The lowest BCUT2D eigenvalue weighted by Gasteiger charge is -2.35. The molecule has 1 saturated heterocycles. The van der Waals surface area contributed by atoms with Crippen LogP contribution in [0.15, 0.2) is 18.2 Å². The SMILES string of the molecule is CC(=O)c1c(F)cccc1N1CCC[C@@H](C(=O)NC2CCCCC2)C1. The van der Waals surface area contributed by atoms with Crippen molar-refractivity contribution in [3.8, 4) is 0 Å². The summed E-state index contributed by atoms with van der Waals surface area (Å²) in [6.07, 6.45) is 7.49. The van der Waals surface area contributed by atoms with E-state index in [9.17, 15) is 14.0 Å². The number of ketones is 1. The van der Waals surface area contributed by atoms with Gasteiger partial charge in [0, 0.05) is 19.1 Å². The van der Waals surface area contributed by atoms with Gasteiger partial charge in [0.15, 0.2) is 5.78 Å². The molecule has 25 heavy (non-hydrogen) atoms. The van der Waals surface area contributed by atoms with Gasteiger partial charge >= 0.3 is 0 Å². The van der Waals surface area contributed by atoms with Crippen LogP contribution in [-0.2, 0) is 4.79 Å². The maximum Gasteiger partial charge on any atom is 0.225 e. The van der Waals surface area contributed by atoms with E-state index < -0.39 is 5.82 Å². The van der Waals surface area contributed by atoms with Crippen LogP contribution in [0.3, 0.4) is 0 Å². The Labute approximate surface area is 148 Å². The molecule has 0 unspecified atom stereocenters. The van der Waals surface area contributed by atoms with Crippen molar-refractivity contribution < 1.29 is 14.0 Å². The highest BCUT2D eigenvalue weighted by Gasteiger charge is 2.29. The average Bonchev–Trinajstić information content (AvgIpc) is 2.62. The Balaban J connectivity index is 1.70. The van der Waals surface area contributed by atoms with Gasteiger partial charge in [-0.15, -0.1) is 0 Å². The second kappa shape index (κ2) is 7.98. The summed E-state index contributed by atoms with van der Waals surface area (Å²) in [5.74, 6) is -0.753. The zero-order valence-electron chi connectivity index (χ0n) is 14.9. The molecule has 1 saturated carbocycles. The predicted octanol–water partition coefficient (Wildman–Crippen LogP) is 3.69. The highest BCUT2D eigenvalue weighted by atomic mass is 19.1. The van der Waals surface area contributed by atoms with Gasteiger partial charge in [-0.3, -0.25) is 9.59 Å². The summed E-state index contributed by atoms with van der Waals surface area (Å²) < 4.78 is 14.1. The number of halogens is 1. The molecule has 4 nitrogen and oxygen atoms in total. The van der Waals surface area contributed by atoms with E-state index in [0.29, 0.717) is 18.3 Å². The first-order valence-corrected chi connectivity index (χ1v) is 9.41. The van der Waals surface area contributed by atoms with Gasteiger partial charge in [-0.05, 0) is 44.7 Å². The van der Waals surface area contributed by atoms with E-state index in [1.165, 1.54) is 32.3 Å². The fourth-order valence-electron chi connectivity index (χ4n) is 4.10. The molecule has 0 spiro atoms. The van der Waals surface area contributed by atoms with Gasteiger partial charge in [-0.25, -0.2) is 4.39 Å². The van der Waals surface area contributed by atoms with E-state index in [-0.39, 0.29) is 23.2 Å². The normalized spacial score (nSPS) is 21.8. The molecule has 1 heterocycles. The van der Waals surface area contributed by atoms with E-state index in [2.05, 4.69) is 5.32 Å². The predicted molar refractivity (Wildman–Crippen MR) is 96.4 cm³/mol. The molecule has 2 fully saturated rings. The first-order chi connectivity index (χ1) is 12.1. The van der Waals surface area contributed by atoms with E-state index in [1.807, 2.05) is 4.90 Å². The largest absolute Gasteiger partial charge is 0.370 e. The Bertz CT molecular complexity index is 641. The molecule has 1 atom stereocenters. The van der Waals surface area contributed by atoms with Crippen molar-refractivity contribution in [2.45, 2.75) is 57.9 Å². The Hall–Kier alpha value is -1.91. The molecule has 0 aromatic heterocycles. The third-order valence-electron chi connectivity index (χ3n) is 5.43. The van der Waals surface area contributed by atoms with Crippen LogP contribution >= 0.6 is 0 Å². The second-order valence-corrected chi connectivity index (χ2v) is 7.32. The van der Waals surface area contributed by atoms with Crippen LogP contribution in [0.5, 0.6) is 0 Å². The first kappa shape index (κ1) is 17.9. The van der Waals surface area contributed by atoms with E-state index in [4.69, 9.17) is 0 Å². The summed E-state index contributed by atoms with van der Waals surface area (Å²) in [5, 5.41) is 3.20. The number of rotatable bonds is 4. The minimum absolute atomic E-state index is 0.0984. The molecule has 1 amide bonds. The van der Waals surface area contributed by atoms with Gasteiger partial charge in [-0.1, -0.05) is 25.3 Å². The number of nitrogens with one attached hydrogen (secondary N) is 1. The van der Waals surface area contributed by atoms with Gasteiger partial charge in [0.2, 0.25) is 5.91 Å². The molecule has 1 aromatic carbocycles. The smallest absolute Gasteiger partial charge is 0.225 e. The Morgan fingerprint density at radius 2 is 1.88 bits per heavy atom. The summed E-state index contributed by atoms with van der Waals surface area (Å²) in [6, 6.07) is 5.03. The lowest BCUT2D eigenvalue weighted by atomic mass is 9.92. The second-order valence-electron chi connectivity index (χ2n) is 7.32. The zero-order valence-corrected chi connectivity index (χ0v) is 14.9. The molecule has 3 rings (SSSR count). The van der Waals surface area contributed by atoms with Crippen LogP contribution in [0.25, 0.3) is 0 Å². The van der Waals surface area contributed by atoms with Crippen LogP contribution in [0, 0.1) is 11.7 Å². The molecule has 136 valence electrons. The fourth-order valence-corrected chi connectivity index (χ4v) is 4.10. The lowest BCUT2D eigenvalue weighted by molar-refractivity contribution is -0.126. The van der Waals surface area contributed by atoms with Crippen LogP contribution in [0.2, 0.25) is 0 Å². The summed E-state index contributed by atoms with van der Waals surface area (Å²) in [5.41, 5.74) is 0.749. The zero-order chi connectivity index (χ0) is 17.8. The molecular formula is C20H27FN2O2. The number of hydrogen-bond donors (Lipinski definition) is 1. The Kier molecular flexibility index (Phi) is 5.71. The molecule has 0 bridgehead atoms. The van der Waals surface area contributed by atoms with Crippen molar-refractivity contribution >= 4 is 17.4 Å². The quantitative estimate of drug-likeness (QED) is 0.846. The maximum absolute atomic E-state index is 14.1. The first-order valence-electron chi connectivity index (χ1n) is 9.41. The van der Waals surface area contributed by atoms with E-state index >= 15 is 0 Å².